The number of carbonyl (C=O) groups excluding carboxylic acids is 1. The highest BCUT2D eigenvalue weighted by Crippen LogP contribution is 2.28. The quantitative estimate of drug-likeness (QED) is 0.269. The second kappa shape index (κ2) is 10.6. The van der Waals surface area contributed by atoms with E-state index in [9.17, 15) is 13.2 Å². The summed E-state index contributed by atoms with van der Waals surface area (Å²) in [5.41, 5.74) is 5.44. The molecule has 0 unspecified atom stereocenters. The van der Waals surface area contributed by atoms with Gasteiger partial charge in [0.2, 0.25) is 10.0 Å². The zero-order chi connectivity index (χ0) is 16.9. The van der Waals surface area contributed by atoms with Crippen molar-refractivity contribution < 1.29 is 13.2 Å². The molecule has 12 heteroatoms. The summed E-state index contributed by atoms with van der Waals surface area (Å²) in [5, 5.41) is 17.1. The van der Waals surface area contributed by atoms with Crippen molar-refractivity contribution in [3.8, 4) is 0 Å². The normalized spacial score (nSPS) is 10.1. The Bertz CT molecular complexity index is 697. The van der Waals surface area contributed by atoms with Gasteiger partial charge in [0.25, 0.3) is 5.91 Å². The Kier molecular flexibility index (Phi) is 11.0. The molecule has 0 aromatic heterocycles. The molecule has 24 heavy (non-hydrogen) atoms. The van der Waals surface area contributed by atoms with Gasteiger partial charge in [-0.2, -0.15) is 0 Å². The lowest BCUT2D eigenvalue weighted by Gasteiger charge is -2.14. The molecule has 0 aliphatic carbocycles. The molecule has 1 aromatic rings. The predicted octanol–water partition coefficient (Wildman–Crippen LogP) is 1.67. The molecule has 0 radical (unpaired) electrons. The van der Waals surface area contributed by atoms with Gasteiger partial charge in [0.15, 0.2) is 5.96 Å². The van der Waals surface area contributed by atoms with Crippen LogP contribution >= 0.6 is 36.4 Å². The van der Waals surface area contributed by atoms with Crippen molar-refractivity contribution in [2.75, 3.05) is 11.9 Å². The monoisotopic (exact) mass is 419 g/mol. The fourth-order valence-electron chi connectivity index (χ4n) is 1.70. The summed E-state index contributed by atoms with van der Waals surface area (Å²) in [4.78, 5) is 11.7. The lowest BCUT2D eigenvalue weighted by atomic mass is 10.1. The van der Waals surface area contributed by atoms with E-state index in [1.165, 1.54) is 6.07 Å². The average Bonchev–Trinajstić information content (AvgIpc) is 2.36. The van der Waals surface area contributed by atoms with Crippen LogP contribution in [-0.4, -0.2) is 26.8 Å². The van der Waals surface area contributed by atoms with Crippen molar-refractivity contribution in [1.29, 1.82) is 5.41 Å². The second-order valence-corrected chi connectivity index (χ2v) is 6.46. The van der Waals surface area contributed by atoms with Crippen LogP contribution in [0.3, 0.4) is 0 Å². The van der Waals surface area contributed by atoms with Crippen LogP contribution < -0.4 is 21.5 Å². The predicted molar refractivity (Wildman–Crippen MR) is 100 cm³/mol. The highest BCUT2D eigenvalue weighted by Gasteiger charge is 2.20. The molecule has 0 heterocycles. The van der Waals surface area contributed by atoms with E-state index in [4.69, 9.17) is 27.9 Å². The number of carbonyl (C=O) groups is 1. The van der Waals surface area contributed by atoms with Crippen LogP contribution in [0.2, 0.25) is 5.02 Å². The van der Waals surface area contributed by atoms with E-state index in [2.05, 4.69) is 10.6 Å². The Hall–Kier alpha value is -1.26. The summed E-state index contributed by atoms with van der Waals surface area (Å²) < 4.78 is 23.0. The van der Waals surface area contributed by atoms with Gasteiger partial charge in [-0.15, -0.1) is 24.8 Å². The van der Waals surface area contributed by atoms with Crippen molar-refractivity contribution in [2.24, 2.45) is 10.9 Å². The number of rotatable bonds is 6. The van der Waals surface area contributed by atoms with Crippen LogP contribution in [0.25, 0.3) is 0 Å². The average molecular weight is 421 g/mol. The Labute approximate surface area is 158 Å². The number of anilines is 1. The fraction of sp³-hybridized carbons (Fsp3) is 0.333. The van der Waals surface area contributed by atoms with Crippen molar-refractivity contribution in [1.82, 2.24) is 5.32 Å². The number of guanidine groups is 1. The number of nitrogens with two attached hydrogens (primary N) is 2. The number of benzene rings is 1. The Morgan fingerprint density at radius 2 is 1.92 bits per heavy atom. The third-order valence-corrected chi connectivity index (χ3v) is 4.09. The molecular formula is C12H20Cl3N5O3S. The molecule has 8 nitrogen and oxygen atoms in total. The zero-order valence-electron chi connectivity index (χ0n) is 12.8. The zero-order valence-corrected chi connectivity index (χ0v) is 16.0. The number of hydrogen-bond donors (Lipinski definition) is 5. The number of hydrogen-bond acceptors (Lipinski definition) is 5. The summed E-state index contributed by atoms with van der Waals surface area (Å²) in [5.74, 6) is -1.29. The Balaban J connectivity index is 0. The van der Waals surface area contributed by atoms with Gasteiger partial charge in [0, 0.05) is 12.2 Å². The Morgan fingerprint density at radius 1 is 1.33 bits per heavy atom. The minimum atomic E-state index is -4.08. The molecule has 138 valence electrons. The van der Waals surface area contributed by atoms with E-state index in [0.29, 0.717) is 12.2 Å². The third-order valence-electron chi connectivity index (χ3n) is 2.72. The van der Waals surface area contributed by atoms with Crippen LogP contribution in [0.1, 0.15) is 30.1 Å². The number of halogens is 3. The van der Waals surface area contributed by atoms with Gasteiger partial charge in [0.1, 0.15) is 4.90 Å². The molecule has 7 N–H and O–H groups in total. The first-order chi connectivity index (χ1) is 10.2. The van der Waals surface area contributed by atoms with Gasteiger partial charge in [-0.3, -0.25) is 15.5 Å². The first-order valence-electron chi connectivity index (χ1n) is 6.42. The molecule has 0 spiro atoms. The van der Waals surface area contributed by atoms with Crippen LogP contribution in [0.15, 0.2) is 17.0 Å². The van der Waals surface area contributed by atoms with Gasteiger partial charge in [0.05, 0.1) is 10.6 Å². The Morgan fingerprint density at radius 3 is 2.38 bits per heavy atom. The fourth-order valence-corrected chi connectivity index (χ4v) is 2.79. The largest absolute Gasteiger partial charge is 0.384 e. The van der Waals surface area contributed by atoms with Crippen molar-refractivity contribution in [3.63, 3.8) is 0 Å². The minimum Gasteiger partial charge on any atom is -0.384 e. The van der Waals surface area contributed by atoms with E-state index >= 15 is 0 Å². The first kappa shape index (κ1) is 25.0. The maximum Gasteiger partial charge on any atom is 0.260 e. The first-order valence-corrected chi connectivity index (χ1v) is 8.34. The molecule has 0 atom stereocenters. The lowest BCUT2D eigenvalue weighted by Crippen LogP contribution is -2.36. The second-order valence-electron chi connectivity index (χ2n) is 4.52. The van der Waals surface area contributed by atoms with Crippen molar-refractivity contribution >= 4 is 64.0 Å². The molecule has 1 aromatic carbocycles. The van der Waals surface area contributed by atoms with Gasteiger partial charge >= 0.3 is 0 Å². The summed E-state index contributed by atoms with van der Waals surface area (Å²) in [7, 11) is -4.08. The van der Waals surface area contributed by atoms with Gasteiger partial charge < -0.3 is 11.1 Å². The molecule has 0 aliphatic heterocycles. The van der Waals surface area contributed by atoms with Crippen LogP contribution in [0, 0.1) is 5.41 Å². The summed E-state index contributed by atoms with van der Waals surface area (Å²) >= 11 is 5.91. The smallest absolute Gasteiger partial charge is 0.260 e. The molecule has 0 saturated heterocycles. The van der Waals surface area contributed by atoms with E-state index in [0.717, 1.165) is 18.9 Å². The summed E-state index contributed by atoms with van der Waals surface area (Å²) in [6, 6.07) is 2.37. The third kappa shape index (κ3) is 7.10. The summed E-state index contributed by atoms with van der Waals surface area (Å²) in [6.45, 7) is 2.57. The standard InChI is InChI=1S/C12H18ClN5O3S.2ClH/c1-2-3-4-17-9-6-8(13)10(22(16,20)21)5-7(9)11(19)18-12(14)15;;/h5-6,17H,2-4H2,1H3,(H2,16,20,21)(H4,14,15,18,19);2*1H. The van der Waals surface area contributed by atoms with Crippen molar-refractivity contribution in [2.45, 2.75) is 24.7 Å². The number of nitrogens with one attached hydrogen (secondary N) is 3. The topological polar surface area (TPSA) is 151 Å². The molecule has 0 fully saturated rings. The van der Waals surface area contributed by atoms with Crippen LogP contribution in [-0.2, 0) is 10.0 Å². The van der Waals surface area contributed by atoms with Crippen LogP contribution in [0.5, 0.6) is 0 Å². The highest BCUT2D eigenvalue weighted by molar-refractivity contribution is 7.89. The van der Waals surface area contributed by atoms with E-state index < -0.39 is 21.9 Å². The molecule has 0 bridgehead atoms. The number of sulfonamides is 1. The van der Waals surface area contributed by atoms with Crippen molar-refractivity contribution in [3.05, 3.63) is 22.7 Å². The molecule has 1 rings (SSSR count). The lowest BCUT2D eigenvalue weighted by molar-refractivity contribution is 0.0977. The van der Waals surface area contributed by atoms with Crippen LogP contribution in [0.4, 0.5) is 5.69 Å². The van der Waals surface area contributed by atoms with E-state index in [1.54, 1.807) is 0 Å². The highest BCUT2D eigenvalue weighted by atomic mass is 35.5. The minimum absolute atomic E-state index is 0. The maximum atomic E-state index is 12.0. The number of unbranched alkanes of at least 4 members (excludes halogenated alkanes) is 1. The molecule has 1 amide bonds. The summed E-state index contributed by atoms with van der Waals surface area (Å²) in [6.07, 6.45) is 1.79. The maximum absolute atomic E-state index is 12.0. The van der Waals surface area contributed by atoms with E-state index in [1.807, 2.05) is 6.92 Å². The van der Waals surface area contributed by atoms with Gasteiger partial charge in [-0.1, -0.05) is 24.9 Å². The number of amides is 1. The molecule has 0 aliphatic rings. The molecule has 0 saturated carbocycles. The van der Waals surface area contributed by atoms with E-state index in [-0.39, 0.29) is 40.3 Å². The molecular weight excluding hydrogens is 401 g/mol. The number of primary sulfonamides is 1. The SMILES string of the molecule is CCCCNc1cc(Cl)c(S(N)(=O)=O)cc1C(=O)NC(=N)N.Cl.Cl. The van der Waals surface area contributed by atoms with Gasteiger partial charge in [-0.25, -0.2) is 13.6 Å². The van der Waals surface area contributed by atoms with Gasteiger partial charge in [-0.05, 0) is 18.6 Å².